The van der Waals surface area contributed by atoms with Gasteiger partial charge in [-0.05, 0) is 32.1 Å². The summed E-state index contributed by atoms with van der Waals surface area (Å²) in [4.78, 5) is 22.8. The Hall–Kier alpha value is -1.32. The Balaban J connectivity index is 1.78. The summed E-state index contributed by atoms with van der Waals surface area (Å²) < 4.78 is 5.21. The van der Waals surface area contributed by atoms with Crippen LogP contribution in [0.3, 0.4) is 0 Å². The molecule has 0 bridgehead atoms. The summed E-state index contributed by atoms with van der Waals surface area (Å²) in [5, 5.41) is 2.63. The summed E-state index contributed by atoms with van der Waals surface area (Å²) in [6.45, 7) is 2.71. The fourth-order valence-corrected chi connectivity index (χ4v) is 3.43. The highest BCUT2D eigenvalue weighted by molar-refractivity contribution is 5.87. The first kappa shape index (κ1) is 23.7. The quantitative estimate of drug-likeness (QED) is 0.196. The Labute approximate surface area is 166 Å². The number of nitrogens with one attached hydrogen (secondary N) is 1. The van der Waals surface area contributed by atoms with Gasteiger partial charge < -0.3 is 10.1 Å². The van der Waals surface area contributed by atoms with Crippen LogP contribution < -0.4 is 5.32 Å². The molecule has 0 unspecified atom stereocenters. The van der Waals surface area contributed by atoms with Gasteiger partial charge in [0.1, 0.15) is 6.04 Å². The summed E-state index contributed by atoms with van der Waals surface area (Å²) in [5.74, 6) is -0.340. The Morgan fingerprint density at radius 2 is 1.48 bits per heavy atom. The van der Waals surface area contributed by atoms with Gasteiger partial charge in [-0.1, -0.05) is 83.3 Å². The second kappa shape index (κ2) is 16.8. The predicted octanol–water partition coefficient (Wildman–Crippen LogP) is 5.85. The molecule has 0 aromatic rings. The standard InChI is InChI=1S/C23H41NO3/c1-2-3-4-5-6-7-8-9-10-11-12-13-14-15-16-17-20-27-23(26)21-18-19-22(25)24-21/h14-15,21H,2-13,16-20H2,1H3,(H,24,25)/b15-14+/t21-/m0/s1. The molecular formula is C23H41NO3. The summed E-state index contributed by atoms with van der Waals surface area (Å²) in [7, 11) is 0. The number of hydrogen-bond acceptors (Lipinski definition) is 3. The first-order valence-electron chi connectivity index (χ1n) is 11.3. The van der Waals surface area contributed by atoms with E-state index in [0.717, 1.165) is 19.3 Å². The lowest BCUT2D eigenvalue weighted by atomic mass is 10.1. The third kappa shape index (κ3) is 13.5. The van der Waals surface area contributed by atoms with Crippen molar-refractivity contribution in [1.82, 2.24) is 5.32 Å². The minimum atomic E-state index is -0.422. The lowest BCUT2D eigenvalue weighted by molar-refractivity contribution is -0.146. The number of allylic oxidation sites excluding steroid dienone is 2. The van der Waals surface area contributed by atoms with E-state index < -0.39 is 6.04 Å². The summed E-state index contributed by atoms with van der Waals surface area (Å²) in [6, 6.07) is -0.422. The highest BCUT2D eigenvalue weighted by Gasteiger charge is 2.28. The molecule has 0 aromatic heterocycles. The van der Waals surface area contributed by atoms with Crippen LogP contribution in [-0.4, -0.2) is 24.5 Å². The molecule has 4 heteroatoms. The second-order valence-corrected chi connectivity index (χ2v) is 7.76. The van der Waals surface area contributed by atoms with Crippen LogP contribution >= 0.6 is 0 Å². The van der Waals surface area contributed by atoms with Gasteiger partial charge in [0, 0.05) is 6.42 Å². The van der Waals surface area contributed by atoms with E-state index in [2.05, 4.69) is 24.4 Å². The van der Waals surface area contributed by atoms with Crippen molar-refractivity contribution in [1.29, 1.82) is 0 Å². The molecular weight excluding hydrogens is 338 g/mol. The van der Waals surface area contributed by atoms with Crippen molar-refractivity contribution in [3.63, 3.8) is 0 Å². The van der Waals surface area contributed by atoms with Crippen LogP contribution in [0.4, 0.5) is 0 Å². The summed E-state index contributed by atoms with van der Waals surface area (Å²) in [5.41, 5.74) is 0. The second-order valence-electron chi connectivity index (χ2n) is 7.76. The van der Waals surface area contributed by atoms with Crippen molar-refractivity contribution in [2.75, 3.05) is 6.61 Å². The topological polar surface area (TPSA) is 55.4 Å². The SMILES string of the molecule is CCCCCCCCCCCCC/C=C/CCCOC(=O)[C@@H]1CCC(=O)N1. The van der Waals surface area contributed by atoms with Crippen molar-refractivity contribution in [3.8, 4) is 0 Å². The van der Waals surface area contributed by atoms with Crippen molar-refractivity contribution >= 4 is 11.9 Å². The summed E-state index contributed by atoms with van der Waals surface area (Å²) >= 11 is 0. The Morgan fingerprint density at radius 3 is 2.04 bits per heavy atom. The molecule has 27 heavy (non-hydrogen) atoms. The maximum absolute atomic E-state index is 11.7. The molecule has 156 valence electrons. The maximum Gasteiger partial charge on any atom is 0.328 e. The van der Waals surface area contributed by atoms with E-state index in [4.69, 9.17) is 4.74 Å². The normalized spacial score (nSPS) is 16.8. The van der Waals surface area contributed by atoms with Crippen molar-refractivity contribution in [2.24, 2.45) is 0 Å². The lowest BCUT2D eigenvalue weighted by Crippen LogP contribution is -2.34. The minimum Gasteiger partial charge on any atom is -0.464 e. The van der Waals surface area contributed by atoms with Gasteiger partial charge >= 0.3 is 5.97 Å². The average Bonchev–Trinajstić information content (AvgIpc) is 3.10. The van der Waals surface area contributed by atoms with Gasteiger partial charge in [0.25, 0.3) is 0 Å². The monoisotopic (exact) mass is 379 g/mol. The molecule has 0 aromatic carbocycles. The molecule has 0 spiro atoms. The van der Waals surface area contributed by atoms with E-state index in [1.54, 1.807) is 0 Å². The molecule has 1 atom stereocenters. The van der Waals surface area contributed by atoms with Gasteiger partial charge in [0.2, 0.25) is 5.91 Å². The Morgan fingerprint density at radius 1 is 0.926 bits per heavy atom. The molecule has 1 heterocycles. The molecule has 0 saturated carbocycles. The van der Waals surface area contributed by atoms with Gasteiger partial charge in [-0.3, -0.25) is 4.79 Å². The van der Waals surface area contributed by atoms with E-state index in [1.807, 2.05) is 0 Å². The molecule has 1 aliphatic rings. The molecule has 1 amide bonds. The number of esters is 1. The zero-order chi connectivity index (χ0) is 19.6. The zero-order valence-electron chi connectivity index (χ0n) is 17.5. The molecule has 1 saturated heterocycles. The minimum absolute atomic E-state index is 0.0534. The fourth-order valence-electron chi connectivity index (χ4n) is 3.43. The van der Waals surface area contributed by atoms with Gasteiger partial charge in [-0.15, -0.1) is 0 Å². The van der Waals surface area contributed by atoms with Gasteiger partial charge in [-0.2, -0.15) is 0 Å². The van der Waals surface area contributed by atoms with Crippen LogP contribution in [0, 0.1) is 0 Å². The van der Waals surface area contributed by atoms with Crippen LogP contribution in [-0.2, 0) is 14.3 Å². The van der Waals surface area contributed by atoms with E-state index in [1.165, 1.54) is 70.6 Å². The predicted molar refractivity (Wildman–Crippen MR) is 112 cm³/mol. The van der Waals surface area contributed by atoms with E-state index in [0.29, 0.717) is 19.4 Å². The van der Waals surface area contributed by atoms with Crippen molar-refractivity contribution < 1.29 is 14.3 Å². The van der Waals surface area contributed by atoms with Crippen LogP contribution in [0.25, 0.3) is 0 Å². The van der Waals surface area contributed by atoms with Crippen LogP contribution in [0.5, 0.6) is 0 Å². The number of amides is 1. The molecule has 1 rings (SSSR count). The van der Waals surface area contributed by atoms with Crippen LogP contribution in [0.1, 0.15) is 110 Å². The number of rotatable bonds is 17. The van der Waals surface area contributed by atoms with Crippen LogP contribution in [0.2, 0.25) is 0 Å². The molecule has 1 fully saturated rings. The molecule has 0 radical (unpaired) electrons. The number of carbonyl (C=O) groups is 2. The molecule has 4 nitrogen and oxygen atoms in total. The van der Waals surface area contributed by atoms with E-state index >= 15 is 0 Å². The van der Waals surface area contributed by atoms with Gasteiger partial charge in [0.15, 0.2) is 0 Å². The number of hydrogen-bond donors (Lipinski definition) is 1. The smallest absolute Gasteiger partial charge is 0.328 e. The number of carbonyl (C=O) groups excluding carboxylic acids is 2. The van der Waals surface area contributed by atoms with Gasteiger partial charge in [0.05, 0.1) is 6.61 Å². The number of unbranched alkanes of at least 4 members (excludes halogenated alkanes) is 12. The molecule has 0 aliphatic carbocycles. The largest absolute Gasteiger partial charge is 0.464 e. The fraction of sp³-hybridized carbons (Fsp3) is 0.826. The highest BCUT2D eigenvalue weighted by atomic mass is 16.5. The third-order valence-corrected chi connectivity index (χ3v) is 5.18. The van der Waals surface area contributed by atoms with E-state index in [9.17, 15) is 9.59 Å². The zero-order valence-corrected chi connectivity index (χ0v) is 17.5. The lowest BCUT2D eigenvalue weighted by Gasteiger charge is -2.09. The highest BCUT2D eigenvalue weighted by Crippen LogP contribution is 2.12. The first-order chi connectivity index (χ1) is 13.2. The van der Waals surface area contributed by atoms with Crippen molar-refractivity contribution in [3.05, 3.63) is 12.2 Å². The van der Waals surface area contributed by atoms with E-state index in [-0.39, 0.29) is 11.9 Å². The third-order valence-electron chi connectivity index (χ3n) is 5.18. The summed E-state index contributed by atoms with van der Waals surface area (Å²) in [6.07, 6.45) is 23.6. The van der Waals surface area contributed by atoms with Crippen LogP contribution in [0.15, 0.2) is 12.2 Å². The Kier molecular flexibility index (Phi) is 14.8. The number of ether oxygens (including phenoxy) is 1. The van der Waals surface area contributed by atoms with Gasteiger partial charge in [-0.25, -0.2) is 4.79 Å². The first-order valence-corrected chi connectivity index (χ1v) is 11.3. The Bertz CT molecular complexity index is 420. The van der Waals surface area contributed by atoms with Crippen molar-refractivity contribution in [2.45, 2.75) is 116 Å². The molecule has 1 aliphatic heterocycles. The average molecular weight is 380 g/mol. The molecule has 1 N–H and O–H groups in total. The maximum atomic E-state index is 11.7.